The number of carbonyl (C=O) groups is 2. The summed E-state index contributed by atoms with van der Waals surface area (Å²) in [5.74, 6) is -10.4. The van der Waals surface area contributed by atoms with Gasteiger partial charge in [0.1, 0.15) is 11.5 Å². The van der Waals surface area contributed by atoms with Gasteiger partial charge >= 0.3 is 0 Å². The number of hydrogen-bond acceptors (Lipinski definition) is 4. The first-order valence-electron chi connectivity index (χ1n) is 10.3. The second kappa shape index (κ2) is 8.36. The Morgan fingerprint density at radius 1 is 0.559 bits per heavy atom. The number of amides is 2. The molecule has 2 heterocycles. The van der Waals surface area contributed by atoms with E-state index < -0.39 is 34.8 Å². The average molecular weight is 472 g/mol. The van der Waals surface area contributed by atoms with Crippen LogP contribution in [0, 0.1) is 23.3 Å². The van der Waals surface area contributed by atoms with Crippen LogP contribution in [0.4, 0.5) is 17.6 Å². The Hall–Kier alpha value is -4.08. The van der Waals surface area contributed by atoms with Crippen molar-refractivity contribution in [3.63, 3.8) is 0 Å². The van der Waals surface area contributed by atoms with E-state index in [1.807, 2.05) is 0 Å². The lowest BCUT2D eigenvalue weighted by molar-refractivity contribution is 0.0877. The molecular formula is C24H16F4N2O4. The normalized spacial score (nSPS) is 14.1. The monoisotopic (exact) mass is 472 g/mol. The molecule has 2 aliphatic heterocycles. The van der Waals surface area contributed by atoms with Crippen LogP contribution in [-0.4, -0.2) is 47.8 Å². The third kappa shape index (κ3) is 4.14. The zero-order chi connectivity index (χ0) is 24.0. The first kappa shape index (κ1) is 21.7. The molecule has 0 atom stereocenters. The summed E-state index contributed by atoms with van der Waals surface area (Å²) in [7, 11) is 0. The van der Waals surface area contributed by atoms with E-state index in [1.54, 1.807) is 9.80 Å². The molecule has 2 fully saturated rings. The summed E-state index contributed by atoms with van der Waals surface area (Å²) in [5.41, 5.74) is 0.683. The van der Waals surface area contributed by atoms with Crippen LogP contribution >= 0.6 is 0 Å². The van der Waals surface area contributed by atoms with Crippen LogP contribution in [0.5, 0.6) is 23.0 Å². The smallest absolute Gasteiger partial charge is 0.253 e. The summed E-state index contributed by atoms with van der Waals surface area (Å²) < 4.78 is 68.4. The summed E-state index contributed by atoms with van der Waals surface area (Å²) >= 11 is 0. The van der Waals surface area contributed by atoms with Gasteiger partial charge in [0, 0.05) is 37.3 Å². The maximum Gasteiger partial charge on any atom is 0.253 e. The molecule has 0 N–H and O–H groups in total. The van der Waals surface area contributed by atoms with E-state index in [-0.39, 0.29) is 23.3 Å². The van der Waals surface area contributed by atoms with Gasteiger partial charge < -0.3 is 19.3 Å². The lowest BCUT2D eigenvalue weighted by Crippen LogP contribution is -2.10. The van der Waals surface area contributed by atoms with E-state index in [4.69, 9.17) is 9.47 Å². The van der Waals surface area contributed by atoms with Gasteiger partial charge in [0.25, 0.3) is 11.8 Å². The Labute approximate surface area is 190 Å². The topological polar surface area (TPSA) is 58.6 Å². The highest BCUT2D eigenvalue weighted by atomic mass is 19.2. The van der Waals surface area contributed by atoms with Gasteiger partial charge in [-0.15, -0.1) is 0 Å². The predicted octanol–water partition coefficient (Wildman–Crippen LogP) is 4.74. The number of carbonyl (C=O) groups excluding carboxylic acids is 2. The van der Waals surface area contributed by atoms with Crippen molar-refractivity contribution in [1.82, 2.24) is 9.80 Å². The zero-order valence-electron chi connectivity index (χ0n) is 17.5. The predicted molar refractivity (Wildman–Crippen MR) is 111 cm³/mol. The van der Waals surface area contributed by atoms with Crippen LogP contribution in [0.1, 0.15) is 20.7 Å². The zero-order valence-corrected chi connectivity index (χ0v) is 17.5. The van der Waals surface area contributed by atoms with Crippen molar-refractivity contribution < 1.29 is 36.6 Å². The van der Waals surface area contributed by atoms with Crippen molar-refractivity contribution in [1.29, 1.82) is 0 Å². The molecule has 0 aliphatic carbocycles. The van der Waals surface area contributed by atoms with Crippen LogP contribution < -0.4 is 9.47 Å². The minimum absolute atomic E-state index is 0.126. The van der Waals surface area contributed by atoms with Crippen molar-refractivity contribution in [2.24, 2.45) is 0 Å². The highest BCUT2D eigenvalue weighted by molar-refractivity contribution is 5.96. The molecule has 0 radical (unpaired) electrons. The summed E-state index contributed by atoms with van der Waals surface area (Å²) in [6.45, 7) is 2.62. The molecule has 0 spiro atoms. The third-order valence-corrected chi connectivity index (χ3v) is 5.29. The third-order valence-electron chi connectivity index (χ3n) is 5.29. The van der Waals surface area contributed by atoms with Gasteiger partial charge in [-0.3, -0.25) is 9.59 Å². The van der Waals surface area contributed by atoms with Crippen LogP contribution in [0.2, 0.25) is 0 Å². The van der Waals surface area contributed by atoms with Gasteiger partial charge in [-0.1, -0.05) is 0 Å². The Kier molecular flexibility index (Phi) is 5.35. The molecule has 34 heavy (non-hydrogen) atoms. The number of halogens is 4. The fourth-order valence-electron chi connectivity index (χ4n) is 3.21. The highest BCUT2D eigenvalue weighted by Crippen LogP contribution is 2.39. The fraction of sp³-hybridized carbons (Fsp3) is 0.167. The summed E-state index contributed by atoms with van der Waals surface area (Å²) in [4.78, 5) is 27.1. The minimum atomic E-state index is -1.79. The Morgan fingerprint density at radius 3 is 1.12 bits per heavy atom. The SMILES string of the molecule is O=C(c1ccc(Oc2c(F)c(F)c(Oc3ccc(C(=O)N4CC4)cc3)c(F)c2F)cc1)N1CC1. The number of rotatable bonds is 6. The van der Waals surface area contributed by atoms with Gasteiger partial charge in [-0.05, 0) is 48.5 Å². The second-order valence-electron chi connectivity index (χ2n) is 7.75. The number of nitrogens with zero attached hydrogens (tertiary/aromatic N) is 2. The van der Waals surface area contributed by atoms with E-state index in [1.165, 1.54) is 48.5 Å². The van der Waals surface area contributed by atoms with Crippen molar-refractivity contribution >= 4 is 11.8 Å². The molecule has 0 unspecified atom stereocenters. The lowest BCUT2D eigenvalue weighted by atomic mass is 10.2. The summed E-state index contributed by atoms with van der Waals surface area (Å²) in [5, 5.41) is 0. The largest absolute Gasteiger partial charge is 0.451 e. The molecule has 2 amide bonds. The van der Waals surface area contributed by atoms with Gasteiger partial charge in [-0.2, -0.15) is 17.6 Å². The van der Waals surface area contributed by atoms with E-state index in [2.05, 4.69) is 0 Å². The molecule has 10 heteroatoms. The minimum Gasteiger partial charge on any atom is -0.451 e. The van der Waals surface area contributed by atoms with Crippen LogP contribution in [0.3, 0.4) is 0 Å². The maximum atomic E-state index is 14.6. The van der Waals surface area contributed by atoms with E-state index in [0.717, 1.165) is 0 Å². The number of hydrogen-bond donors (Lipinski definition) is 0. The molecule has 5 rings (SSSR count). The first-order valence-corrected chi connectivity index (χ1v) is 10.3. The van der Waals surface area contributed by atoms with Crippen LogP contribution in [0.25, 0.3) is 0 Å². The quantitative estimate of drug-likeness (QED) is 0.296. The first-order chi connectivity index (χ1) is 16.3. The van der Waals surface area contributed by atoms with Crippen molar-refractivity contribution in [3.8, 4) is 23.0 Å². The van der Waals surface area contributed by atoms with Gasteiger partial charge in [0.2, 0.25) is 34.8 Å². The molecule has 174 valence electrons. The van der Waals surface area contributed by atoms with Crippen LogP contribution in [-0.2, 0) is 0 Å². The molecule has 2 saturated heterocycles. The molecule has 0 saturated carbocycles. The maximum absolute atomic E-state index is 14.6. The molecule has 2 aliphatic rings. The number of benzene rings is 3. The molecule has 3 aromatic carbocycles. The van der Waals surface area contributed by atoms with Gasteiger partial charge in [-0.25, -0.2) is 0 Å². The van der Waals surface area contributed by atoms with E-state index >= 15 is 0 Å². The molecule has 3 aromatic rings. The molecule has 6 nitrogen and oxygen atoms in total. The number of ether oxygens (including phenoxy) is 2. The lowest BCUT2D eigenvalue weighted by Gasteiger charge is -2.14. The van der Waals surface area contributed by atoms with Crippen molar-refractivity contribution in [3.05, 3.63) is 82.9 Å². The summed E-state index contributed by atoms with van der Waals surface area (Å²) in [6, 6.07) is 10.6. The van der Waals surface area contributed by atoms with Crippen molar-refractivity contribution in [2.45, 2.75) is 0 Å². The molecule has 0 aromatic heterocycles. The Bertz CT molecular complexity index is 1160. The average Bonchev–Trinajstić information content (AvgIpc) is 3.76. The molecule has 0 bridgehead atoms. The van der Waals surface area contributed by atoms with Gasteiger partial charge in [0.15, 0.2) is 0 Å². The summed E-state index contributed by atoms with van der Waals surface area (Å²) in [6.07, 6.45) is 0. The Morgan fingerprint density at radius 2 is 0.853 bits per heavy atom. The highest BCUT2D eigenvalue weighted by Gasteiger charge is 2.30. The standard InChI is InChI=1S/C24H16F4N2O4/c25-17-19(27)22(34-16-7-3-14(4-8-16)24(32)30-11-12-30)20(28)18(26)21(17)33-15-5-1-13(2-6-15)23(31)29-9-10-29/h1-8H,9-12H2. The second-order valence-corrected chi connectivity index (χ2v) is 7.75. The Balaban J connectivity index is 1.36. The van der Waals surface area contributed by atoms with Gasteiger partial charge in [0.05, 0.1) is 0 Å². The van der Waals surface area contributed by atoms with E-state index in [9.17, 15) is 27.2 Å². The fourth-order valence-corrected chi connectivity index (χ4v) is 3.21. The molecular weight excluding hydrogens is 456 g/mol. The van der Waals surface area contributed by atoms with Crippen LogP contribution in [0.15, 0.2) is 48.5 Å². The van der Waals surface area contributed by atoms with Crippen molar-refractivity contribution in [2.75, 3.05) is 26.2 Å². The van der Waals surface area contributed by atoms with E-state index in [0.29, 0.717) is 37.3 Å².